The Bertz CT molecular complexity index is 1110. The number of benzene rings is 3. The molecular weight excluding hydrogens is 338 g/mol. The third-order valence-corrected chi connectivity index (χ3v) is 4.09. The van der Waals surface area contributed by atoms with E-state index in [-0.39, 0.29) is 0 Å². The van der Waals surface area contributed by atoms with Gasteiger partial charge in [-0.25, -0.2) is 9.78 Å². The summed E-state index contributed by atoms with van der Waals surface area (Å²) in [5.41, 5.74) is 4.29. The van der Waals surface area contributed by atoms with Gasteiger partial charge in [-0.1, -0.05) is 48.0 Å². The van der Waals surface area contributed by atoms with Crippen molar-refractivity contribution in [2.45, 2.75) is 6.92 Å². The molecule has 4 aromatic rings. The van der Waals surface area contributed by atoms with Crippen molar-refractivity contribution in [2.24, 2.45) is 0 Å². The van der Waals surface area contributed by atoms with Crippen LogP contribution in [0, 0.1) is 6.92 Å². The Kier molecular flexibility index (Phi) is 4.54. The number of rotatable bonds is 4. The number of fused-ring (bicyclic) bond motifs is 1. The number of carbonyl (C=O) groups is 1. The highest BCUT2D eigenvalue weighted by Gasteiger charge is 2.10. The van der Waals surface area contributed by atoms with E-state index in [0.29, 0.717) is 22.7 Å². The van der Waals surface area contributed by atoms with Crippen LogP contribution in [0.1, 0.15) is 11.1 Å². The van der Waals surface area contributed by atoms with Gasteiger partial charge in [0.25, 0.3) is 0 Å². The zero-order chi connectivity index (χ0) is 18.6. The predicted octanol–water partition coefficient (Wildman–Crippen LogP) is 5.42. The Morgan fingerprint density at radius 3 is 2.56 bits per heavy atom. The molecule has 0 N–H and O–H groups in total. The van der Waals surface area contributed by atoms with E-state index in [1.807, 2.05) is 61.5 Å². The first kappa shape index (κ1) is 16.8. The van der Waals surface area contributed by atoms with Gasteiger partial charge < -0.3 is 9.15 Å². The van der Waals surface area contributed by atoms with Gasteiger partial charge in [0.1, 0.15) is 11.3 Å². The minimum atomic E-state index is -0.447. The van der Waals surface area contributed by atoms with Crippen molar-refractivity contribution in [3.8, 4) is 17.2 Å². The van der Waals surface area contributed by atoms with Gasteiger partial charge in [0.2, 0.25) is 5.89 Å². The molecule has 3 aromatic carbocycles. The highest BCUT2D eigenvalue weighted by atomic mass is 16.5. The number of oxazole rings is 1. The lowest BCUT2D eigenvalue weighted by atomic mass is 10.1. The van der Waals surface area contributed by atoms with E-state index in [1.165, 1.54) is 11.6 Å². The molecule has 0 atom stereocenters. The van der Waals surface area contributed by atoms with E-state index in [2.05, 4.69) is 4.98 Å². The monoisotopic (exact) mass is 355 g/mol. The Morgan fingerprint density at radius 1 is 1.00 bits per heavy atom. The quantitative estimate of drug-likeness (QED) is 0.278. The molecule has 0 aliphatic carbocycles. The van der Waals surface area contributed by atoms with Crippen molar-refractivity contribution in [3.63, 3.8) is 0 Å². The lowest BCUT2D eigenvalue weighted by Crippen LogP contribution is -2.03. The third-order valence-electron chi connectivity index (χ3n) is 4.09. The first-order valence-electron chi connectivity index (χ1n) is 8.60. The fraction of sp³-hybridized carbons (Fsp3) is 0.0435. The molecule has 4 rings (SSSR count). The molecule has 0 aliphatic heterocycles. The number of esters is 1. The average molecular weight is 355 g/mol. The van der Waals surface area contributed by atoms with Crippen LogP contribution in [-0.4, -0.2) is 11.0 Å². The Balaban J connectivity index is 1.50. The minimum absolute atomic E-state index is 0.414. The summed E-state index contributed by atoms with van der Waals surface area (Å²) >= 11 is 0. The molecule has 0 fully saturated rings. The molecule has 1 aromatic heterocycles. The molecule has 4 nitrogen and oxygen atoms in total. The summed E-state index contributed by atoms with van der Waals surface area (Å²) in [7, 11) is 0. The van der Waals surface area contributed by atoms with Crippen LogP contribution in [0.25, 0.3) is 28.6 Å². The SMILES string of the molecule is Cc1ccc(/C=C/C(=O)Oc2ccc3nc(-c4ccccc4)oc3c2)cc1. The molecule has 0 saturated heterocycles. The molecule has 0 spiro atoms. The molecular formula is C23H17NO3. The topological polar surface area (TPSA) is 52.3 Å². The third kappa shape index (κ3) is 3.96. The zero-order valence-corrected chi connectivity index (χ0v) is 14.8. The van der Waals surface area contributed by atoms with Crippen molar-refractivity contribution in [2.75, 3.05) is 0 Å². The van der Waals surface area contributed by atoms with E-state index in [9.17, 15) is 4.79 Å². The summed E-state index contributed by atoms with van der Waals surface area (Å²) in [4.78, 5) is 16.5. The van der Waals surface area contributed by atoms with Crippen LogP contribution < -0.4 is 4.74 Å². The van der Waals surface area contributed by atoms with Crippen LogP contribution in [0.4, 0.5) is 0 Å². The summed E-state index contributed by atoms with van der Waals surface area (Å²) in [5.74, 6) is 0.503. The van der Waals surface area contributed by atoms with Gasteiger partial charge in [-0.15, -0.1) is 0 Å². The maximum Gasteiger partial charge on any atom is 0.336 e. The molecule has 0 aliphatic rings. The van der Waals surface area contributed by atoms with Crippen LogP contribution in [0.15, 0.2) is 83.3 Å². The Morgan fingerprint density at radius 2 is 1.78 bits per heavy atom. The second-order valence-electron chi connectivity index (χ2n) is 6.18. The lowest BCUT2D eigenvalue weighted by Gasteiger charge is -2.00. The van der Waals surface area contributed by atoms with Crippen LogP contribution in [0.2, 0.25) is 0 Å². The molecule has 0 amide bonds. The standard InChI is InChI=1S/C23H17NO3/c1-16-7-9-17(10-8-16)11-14-22(25)26-19-12-13-20-21(15-19)27-23(24-20)18-5-3-2-4-6-18/h2-15H,1H3/b14-11+. The first-order chi connectivity index (χ1) is 13.2. The molecule has 4 heteroatoms. The molecule has 1 heterocycles. The maximum atomic E-state index is 12.1. The summed E-state index contributed by atoms with van der Waals surface area (Å²) in [6.07, 6.45) is 3.13. The van der Waals surface area contributed by atoms with E-state index in [0.717, 1.165) is 11.1 Å². The zero-order valence-electron chi connectivity index (χ0n) is 14.8. The van der Waals surface area contributed by atoms with Gasteiger partial charge in [-0.2, -0.15) is 0 Å². The van der Waals surface area contributed by atoms with Crippen LogP contribution in [-0.2, 0) is 4.79 Å². The molecule has 0 bridgehead atoms. The summed E-state index contributed by atoms with van der Waals surface area (Å²) in [6.45, 7) is 2.02. The van der Waals surface area contributed by atoms with Crippen molar-refractivity contribution < 1.29 is 13.9 Å². The van der Waals surface area contributed by atoms with Crippen molar-refractivity contribution in [3.05, 3.63) is 90.0 Å². The molecule has 0 unspecified atom stereocenters. The van der Waals surface area contributed by atoms with Crippen molar-refractivity contribution in [1.82, 2.24) is 4.98 Å². The summed E-state index contributed by atoms with van der Waals surface area (Å²) < 4.78 is 11.2. The number of aryl methyl sites for hydroxylation is 1. The van der Waals surface area contributed by atoms with Gasteiger partial charge in [-0.3, -0.25) is 0 Å². The highest BCUT2D eigenvalue weighted by molar-refractivity contribution is 5.89. The van der Waals surface area contributed by atoms with E-state index in [1.54, 1.807) is 24.3 Å². The summed E-state index contributed by atoms with van der Waals surface area (Å²) in [6, 6.07) is 22.7. The Hall–Kier alpha value is -3.66. The second kappa shape index (κ2) is 7.30. The lowest BCUT2D eigenvalue weighted by molar-refractivity contribution is -0.128. The fourth-order valence-electron chi connectivity index (χ4n) is 2.66. The minimum Gasteiger partial charge on any atom is -0.436 e. The maximum absolute atomic E-state index is 12.1. The number of hydrogen-bond acceptors (Lipinski definition) is 4. The second-order valence-corrected chi connectivity index (χ2v) is 6.18. The molecule has 27 heavy (non-hydrogen) atoms. The van der Waals surface area contributed by atoms with E-state index in [4.69, 9.17) is 9.15 Å². The highest BCUT2D eigenvalue weighted by Crippen LogP contribution is 2.27. The van der Waals surface area contributed by atoms with Crippen LogP contribution in [0.3, 0.4) is 0 Å². The van der Waals surface area contributed by atoms with Gasteiger partial charge in [0, 0.05) is 17.7 Å². The number of nitrogens with zero attached hydrogens (tertiary/aromatic N) is 1. The van der Waals surface area contributed by atoms with Gasteiger partial charge in [0.05, 0.1) is 0 Å². The van der Waals surface area contributed by atoms with Gasteiger partial charge in [-0.05, 0) is 42.8 Å². The van der Waals surface area contributed by atoms with Crippen LogP contribution in [0.5, 0.6) is 5.75 Å². The number of carbonyl (C=O) groups excluding carboxylic acids is 1. The van der Waals surface area contributed by atoms with E-state index < -0.39 is 5.97 Å². The smallest absolute Gasteiger partial charge is 0.336 e. The van der Waals surface area contributed by atoms with Gasteiger partial charge in [0.15, 0.2) is 5.58 Å². The Labute approximate surface area is 156 Å². The number of aromatic nitrogens is 1. The largest absolute Gasteiger partial charge is 0.436 e. The van der Waals surface area contributed by atoms with E-state index >= 15 is 0 Å². The number of ether oxygens (including phenoxy) is 1. The predicted molar refractivity (Wildman–Crippen MR) is 105 cm³/mol. The first-order valence-corrected chi connectivity index (χ1v) is 8.60. The van der Waals surface area contributed by atoms with Crippen molar-refractivity contribution in [1.29, 1.82) is 0 Å². The van der Waals surface area contributed by atoms with Crippen LogP contribution >= 0.6 is 0 Å². The molecule has 132 valence electrons. The number of hydrogen-bond donors (Lipinski definition) is 0. The molecule has 0 saturated carbocycles. The normalized spacial score (nSPS) is 11.1. The fourth-order valence-corrected chi connectivity index (χ4v) is 2.66. The van der Waals surface area contributed by atoms with Gasteiger partial charge >= 0.3 is 5.97 Å². The van der Waals surface area contributed by atoms with Crippen molar-refractivity contribution >= 4 is 23.1 Å². The average Bonchev–Trinajstić information content (AvgIpc) is 3.12. The summed E-state index contributed by atoms with van der Waals surface area (Å²) in [5, 5.41) is 0. The molecule has 0 radical (unpaired) electrons.